The second-order valence-electron chi connectivity index (χ2n) is 4.34. The number of hydrogen-bond acceptors (Lipinski definition) is 1. The predicted molar refractivity (Wildman–Crippen MR) is 76.2 cm³/mol. The Morgan fingerprint density at radius 2 is 1.88 bits per heavy atom. The molecule has 0 radical (unpaired) electrons. The lowest BCUT2D eigenvalue weighted by atomic mass is 10.1. The van der Waals surface area contributed by atoms with Gasteiger partial charge in [0, 0.05) is 16.0 Å². The van der Waals surface area contributed by atoms with Gasteiger partial charge in [0.15, 0.2) is 0 Å². The molecule has 0 aliphatic carbocycles. The van der Waals surface area contributed by atoms with Crippen molar-refractivity contribution in [2.45, 2.75) is 26.8 Å². The van der Waals surface area contributed by atoms with Gasteiger partial charge < -0.3 is 5.32 Å². The van der Waals surface area contributed by atoms with E-state index < -0.39 is 0 Å². The smallest absolute Gasteiger partial charge is 0.251 e. The first-order valence-corrected chi connectivity index (χ1v) is 7.00. The van der Waals surface area contributed by atoms with Crippen LogP contribution in [0.2, 0.25) is 0 Å². The Balaban J connectivity index is 2.68. The molecule has 1 aromatic rings. The lowest BCUT2D eigenvalue weighted by Crippen LogP contribution is -2.39. The molecule has 0 bridgehead atoms. The summed E-state index contributed by atoms with van der Waals surface area (Å²) in [7, 11) is 0. The molecule has 0 heterocycles. The van der Waals surface area contributed by atoms with Crippen molar-refractivity contribution in [3.63, 3.8) is 0 Å². The van der Waals surface area contributed by atoms with Crippen LogP contribution in [0.3, 0.4) is 0 Å². The van der Waals surface area contributed by atoms with E-state index in [1.54, 1.807) is 0 Å². The quantitative estimate of drug-likeness (QED) is 0.666. The Bertz CT molecular complexity index is 345. The Labute approximate surface area is 111 Å². The summed E-state index contributed by atoms with van der Waals surface area (Å²) in [6.45, 7) is 6.26. The number of aryl methyl sites for hydroxylation is 1. The number of nitrogens with one attached hydrogen (secondary N) is 1. The number of carbonyl (C=O) groups is 1. The van der Waals surface area contributed by atoms with Crippen molar-refractivity contribution in [1.82, 2.24) is 5.32 Å². The van der Waals surface area contributed by atoms with E-state index in [0.717, 1.165) is 9.99 Å². The van der Waals surface area contributed by atoms with E-state index in [1.807, 2.05) is 31.2 Å². The van der Waals surface area contributed by atoms with Crippen molar-refractivity contribution in [3.8, 4) is 0 Å². The fourth-order valence-electron chi connectivity index (χ4n) is 1.34. The van der Waals surface area contributed by atoms with Gasteiger partial charge in [-0.25, -0.2) is 0 Å². The zero-order chi connectivity index (χ0) is 12.1. The summed E-state index contributed by atoms with van der Waals surface area (Å²) < 4.78 is 0.938. The molecular weight excluding hydrogens is 313 g/mol. The molecule has 1 amide bonds. The molecule has 1 rings (SSSR count). The third kappa shape index (κ3) is 3.77. The van der Waals surface area contributed by atoms with Crippen LogP contribution in [0.25, 0.3) is 0 Å². The van der Waals surface area contributed by atoms with Crippen molar-refractivity contribution in [3.05, 3.63) is 35.4 Å². The van der Waals surface area contributed by atoms with Crippen LogP contribution in [0.4, 0.5) is 0 Å². The van der Waals surface area contributed by atoms with Gasteiger partial charge in [-0.15, -0.1) is 0 Å². The van der Waals surface area contributed by atoms with E-state index >= 15 is 0 Å². The van der Waals surface area contributed by atoms with Gasteiger partial charge in [-0.1, -0.05) is 54.1 Å². The minimum atomic E-state index is 0.0235. The fraction of sp³-hybridized carbons (Fsp3) is 0.462. The van der Waals surface area contributed by atoms with E-state index in [-0.39, 0.29) is 11.9 Å². The van der Waals surface area contributed by atoms with Gasteiger partial charge in [-0.05, 0) is 25.0 Å². The Kier molecular flexibility index (Phi) is 5.25. The number of alkyl halides is 1. The normalized spacial score (nSPS) is 12.6. The molecule has 1 atom stereocenters. The van der Waals surface area contributed by atoms with Gasteiger partial charge in [0.2, 0.25) is 0 Å². The van der Waals surface area contributed by atoms with Crippen molar-refractivity contribution in [2.24, 2.45) is 5.92 Å². The minimum Gasteiger partial charge on any atom is -0.348 e. The van der Waals surface area contributed by atoms with Crippen LogP contribution < -0.4 is 5.32 Å². The number of hydrogen-bond donors (Lipinski definition) is 1. The molecular formula is C13H18INO. The molecule has 1 aromatic carbocycles. The molecule has 0 aliphatic rings. The van der Waals surface area contributed by atoms with Gasteiger partial charge in [-0.2, -0.15) is 0 Å². The van der Waals surface area contributed by atoms with Crippen molar-refractivity contribution in [2.75, 3.05) is 4.43 Å². The average Bonchev–Trinajstić information content (AvgIpc) is 2.26. The SMILES string of the molecule is Cc1ccc(C(=O)NC(CI)C(C)C)cc1. The lowest BCUT2D eigenvalue weighted by Gasteiger charge is -2.19. The standard InChI is InChI=1S/C13H18INO/c1-9(2)12(8-14)15-13(16)11-6-4-10(3)5-7-11/h4-7,9,12H,8H2,1-3H3,(H,15,16). The van der Waals surface area contributed by atoms with Crippen LogP contribution in [-0.2, 0) is 0 Å². The predicted octanol–water partition coefficient (Wildman–Crippen LogP) is 3.18. The first kappa shape index (κ1) is 13.5. The topological polar surface area (TPSA) is 29.1 Å². The molecule has 2 nitrogen and oxygen atoms in total. The summed E-state index contributed by atoms with van der Waals surface area (Å²) in [5, 5.41) is 3.06. The van der Waals surface area contributed by atoms with E-state index in [9.17, 15) is 4.79 Å². The van der Waals surface area contributed by atoms with Gasteiger partial charge in [0.1, 0.15) is 0 Å². The second kappa shape index (κ2) is 6.23. The molecule has 88 valence electrons. The van der Waals surface area contributed by atoms with E-state index in [4.69, 9.17) is 0 Å². The molecule has 0 aromatic heterocycles. The highest BCUT2D eigenvalue weighted by molar-refractivity contribution is 14.1. The summed E-state index contributed by atoms with van der Waals surface area (Å²) in [5.74, 6) is 0.488. The van der Waals surface area contributed by atoms with E-state index in [1.165, 1.54) is 5.56 Å². The number of rotatable bonds is 4. The number of carbonyl (C=O) groups excluding carboxylic acids is 1. The van der Waals surface area contributed by atoms with Crippen LogP contribution in [0.5, 0.6) is 0 Å². The maximum absolute atomic E-state index is 11.9. The number of benzene rings is 1. The first-order valence-electron chi connectivity index (χ1n) is 5.48. The van der Waals surface area contributed by atoms with Crippen molar-refractivity contribution in [1.29, 1.82) is 0 Å². The molecule has 16 heavy (non-hydrogen) atoms. The molecule has 1 N–H and O–H groups in total. The van der Waals surface area contributed by atoms with Gasteiger partial charge in [0.25, 0.3) is 5.91 Å². The van der Waals surface area contributed by atoms with Gasteiger partial charge in [0.05, 0.1) is 0 Å². The van der Waals surface area contributed by atoms with Crippen LogP contribution in [0.1, 0.15) is 29.8 Å². The number of halogens is 1. The molecule has 3 heteroatoms. The maximum Gasteiger partial charge on any atom is 0.251 e. The summed E-state index contributed by atoms with van der Waals surface area (Å²) in [5.41, 5.74) is 1.91. The second-order valence-corrected chi connectivity index (χ2v) is 5.23. The molecule has 0 saturated carbocycles. The zero-order valence-electron chi connectivity index (χ0n) is 9.96. The van der Waals surface area contributed by atoms with Crippen molar-refractivity contribution >= 4 is 28.5 Å². The molecule has 1 unspecified atom stereocenters. The zero-order valence-corrected chi connectivity index (χ0v) is 12.1. The van der Waals surface area contributed by atoms with E-state index in [0.29, 0.717) is 5.92 Å². The van der Waals surface area contributed by atoms with Crippen LogP contribution in [-0.4, -0.2) is 16.4 Å². The minimum absolute atomic E-state index is 0.0235. The van der Waals surface area contributed by atoms with Gasteiger partial charge >= 0.3 is 0 Å². The van der Waals surface area contributed by atoms with Crippen molar-refractivity contribution < 1.29 is 4.79 Å². The molecule has 0 saturated heterocycles. The third-order valence-corrected chi connectivity index (χ3v) is 3.55. The highest BCUT2D eigenvalue weighted by Gasteiger charge is 2.15. The monoisotopic (exact) mass is 331 g/mol. The number of amides is 1. The fourth-order valence-corrected chi connectivity index (χ4v) is 2.58. The maximum atomic E-state index is 11.9. The summed E-state index contributed by atoms with van der Waals surface area (Å²) >= 11 is 2.31. The Morgan fingerprint density at radius 1 is 1.31 bits per heavy atom. The first-order chi connectivity index (χ1) is 7.54. The lowest BCUT2D eigenvalue weighted by molar-refractivity contribution is 0.0932. The third-order valence-electron chi connectivity index (χ3n) is 2.60. The van der Waals surface area contributed by atoms with Gasteiger partial charge in [-0.3, -0.25) is 4.79 Å². The largest absolute Gasteiger partial charge is 0.348 e. The molecule has 0 fully saturated rings. The summed E-state index contributed by atoms with van der Waals surface area (Å²) in [6, 6.07) is 7.91. The summed E-state index contributed by atoms with van der Waals surface area (Å²) in [6.07, 6.45) is 0. The van der Waals surface area contributed by atoms with Crippen LogP contribution in [0.15, 0.2) is 24.3 Å². The molecule has 0 spiro atoms. The highest BCUT2D eigenvalue weighted by atomic mass is 127. The van der Waals surface area contributed by atoms with Crippen LogP contribution in [0, 0.1) is 12.8 Å². The highest BCUT2D eigenvalue weighted by Crippen LogP contribution is 2.08. The Hall–Kier alpha value is -0.580. The average molecular weight is 331 g/mol. The van der Waals surface area contributed by atoms with Crippen LogP contribution >= 0.6 is 22.6 Å². The Morgan fingerprint density at radius 3 is 2.31 bits per heavy atom. The van der Waals surface area contributed by atoms with E-state index in [2.05, 4.69) is 41.8 Å². The molecule has 0 aliphatic heterocycles. The summed E-state index contributed by atoms with van der Waals surface area (Å²) in [4.78, 5) is 11.9.